The molecule has 8 heteroatoms. The molecule has 3 rings (SSSR count). The molecule has 0 aromatic heterocycles. The van der Waals surface area contributed by atoms with Gasteiger partial charge in [0.05, 0.1) is 7.11 Å². The molecule has 0 spiro atoms. The van der Waals surface area contributed by atoms with Crippen LogP contribution in [0.5, 0.6) is 5.75 Å². The Kier molecular flexibility index (Phi) is 7.77. The lowest BCUT2D eigenvalue weighted by atomic mass is 9.99. The number of carbonyl (C=O) groups excluding carboxylic acids is 1. The Morgan fingerprint density at radius 3 is 2.33 bits per heavy atom. The quantitative estimate of drug-likeness (QED) is 0.308. The van der Waals surface area contributed by atoms with Crippen LogP contribution in [0.15, 0.2) is 77.8 Å². The number of nitrogens with one attached hydrogen (secondary N) is 1. The van der Waals surface area contributed by atoms with Crippen molar-refractivity contribution >= 4 is 17.8 Å². The standard InChI is InChI=1S/C25H26N4O4/c1-33-20-12-10-17(11-13-20)21-5-3-2-4-19(21)15-28-25(27)29-23(30)18-8-6-16(7-9-18)14-22(26)24(31)32/h2-13,22H,14-15,26H2,1H3,(H,31,32)(H3,27,28,29,30)/t22-/m0/s1. The lowest BCUT2D eigenvalue weighted by molar-refractivity contribution is -0.138. The van der Waals surface area contributed by atoms with Crippen LogP contribution in [0.1, 0.15) is 21.5 Å². The van der Waals surface area contributed by atoms with Crippen LogP contribution in [0.3, 0.4) is 0 Å². The van der Waals surface area contributed by atoms with E-state index in [2.05, 4.69) is 10.3 Å². The minimum atomic E-state index is -1.08. The monoisotopic (exact) mass is 446 g/mol. The van der Waals surface area contributed by atoms with Crippen molar-refractivity contribution in [1.82, 2.24) is 5.32 Å². The molecule has 170 valence electrons. The largest absolute Gasteiger partial charge is 0.497 e. The maximum atomic E-state index is 12.4. The molecule has 0 bridgehead atoms. The highest BCUT2D eigenvalue weighted by Gasteiger charge is 2.13. The fourth-order valence-electron chi connectivity index (χ4n) is 3.25. The zero-order valence-electron chi connectivity index (χ0n) is 18.2. The van der Waals surface area contributed by atoms with Gasteiger partial charge in [0.1, 0.15) is 11.8 Å². The average Bonchev–Trinajstić information content (AvgIpc) is 2.83. The maximum absolute atomic E-state index is 12.4. The van der Waals surface area contributed by atoms with Crippen molar-refractivity contribution in [2.45, 2.75) is 19.0 Å². The molecule has 3 aromatic carbocycles. The number of carboxylic acids is 1. The van der Waals surface area contributed by atoms with Gasteiger partial charge in [0, 0.05) is 12.1 Å². The molecular formula is C25H26N4O4. The van der Waals surface area contributed by atoms with Gasteiger partial charge in [0.2, 0.25) is 0 Å². The predicted molar refractivity (Wildman–Crippen MR) is 127 cm³/mol. The van der Waals surface area contributed by atoms with Crippen LogP contribution in [0.2, 0.25) is 0 Å². The van der Waals surface area contributed by atoms with Crippen LogP contribution in [-0.4, -0.2) is 36.1 Å². The molecule has 0 aliphatic carbocycles. The minimum Gasteiger partial charge on any atom is -0.497 e. The third-order valence-corrected chi connectivity index (χ3v) is 5.07. The fraction of sp³-hybridized carbons (Fsp3) is 0.160. The molecule has 8 nitrogen and oxygen atoms in total. The first-order chi connectivity index (χ1) is 15.9. The van der Waals surface area contributed by atoms with Crippen LogP contribution in [0, 0.1) is 0 Å². The molecule has 0 fully saturated rings. The van der Waals surface area contributed by atoms with E-state index in [1.807, 2.05) is 48.5 Å². The number of aliphatic imine (C=N–C) groups is 1. The number of nitrogens with zero attached hydrogens (tertiary/aromatic N) is 1. The first-order valence-electron chi connectivity index (χ1n) is 10.3. The number of nitrogens with two attached hydrogens (primary N) is 2. The zero-order chi connectivity index (χ0) is 23.8. The SMILES string of the molecule is COc1ccc(-c2ccccc2CN/C(N)=N/C(=O)c2ccc(C[C@H](N)C(=O)O)cc2)cc1. The number of hydrogen-bond acceptors (Lipinski definition) is 4. The van der Waals surface area contributed by atoms with Gasteiger partial charge in [-0.25, -0.2) is 0 Å². The van der Waals surface area contributed by atoms with Crippen LogP contribution in [0.4, 0.5) is 0 Å². The Balaban J connectivity index is 1.65. The summed E-state index contributed by atoms with van der Waals surface area (Å²) in [5, 5.41) is 11.9. The Morgan fingerprint density at radius 2 is 1.70 bits per heavy atom. The highest BCUT2D eigenvalue weighted by molar-refractivity contribution is 6.02. The molecule has 0 saturated heterocycles. The Hall–Kier alpha value is -4.17. The summed E-state index contributed by atoms with van der Waals surface area (Å²) in [5.41, 5.74) is 15.6. The first-order valence-corrected chi connectivity index (χ1v) is 10.3. The zero-order valence-corrected chi connectivity index (χ0v) is 18.2. The van der Waals surface area contributed by atoms with E-state index in [-0.39, 0.29) is 12.4 Å². The van der Waals surface area contributed by atoms with E-state index < -0.39 is 17.9 Å². The highest BCUT2D eigenvalue weighted by Crippen LogP contribution is 2.25. The second-order valence-electron chi connectivity index (χ2n) is 7.39. The lowest BCUT2D eigenvalue weighted by Crippen LogP contribution is -2.32. The number of aliphatic carboxylic acids is 1. The molecule has 0 saturated carbocycles. The van der Waals surface area contributed by atoms with E-state index in [9.17, 15) is 9.59 Å². The van der Waals surface area contributed by atoms with Gasteiger partial charge in [-0.2, -0.15) is 4.99 Å². The molecule has 0 aliphatic heterocycles. The highest BCUT2D eigenvalue weighted by atomic mass is 16.5. The average molecular weight is 447 g/mol. The lowest BCUT2D eigenvalue weighted by Gasteiger charge is -2.12. The topological polar surface area (TPSA) is 140 Å². The molecule has 33 heavy (non-hydrogen) atoms. The van der Waals surface area contributed by atoms with Gasteiger partial charge in [-0.3, -0.25) is 9.59 Å². The number of carbonyl (C=O) groups is 2. The molecule has 3 aromatic rings. The Labute approximate surface area is 191 Å². The smallest absolute Gasteiger partial charge is 0.320 e. The van der Waals surface area contributed by atoms with Crippen LogP contribution in [-0.2, 0) is 17.8 Å². The van der Waals surface area contributed by atoms with Gasteiger partial charge < -0.3 is 26.6 Å². The van der Waals surface area contributed by atoms with Gasteiger partial charge in [-0.15, -0.1) is 0 Å². The number of methoxy groups -OCH3 is 1. The van der Waals surface area contributed by atoms with E-state index in [1.54, 1.807) is 31.4 Å². The van der Waals surface area contributed by atoms with Crippen molar-refractivity contribution in [3.63, 3.8) is 0 Å². The van der Waals surface area contributed by atoms with Crippen LogP contribution in [0.25, 0.3) is 11.1 Å². The van der Waals surface area contributed by atoms with E-state index >= 15 is 0 Å². The normalized spacial score (nSPS) is 12.1. The number of benzene rings is 3. The Morgan fingerprint density at radius 1 is 1.03 bits per heavy atom. The minimum absolute atomic E-state index is 0.00140. The molecule has 6 N–H and O–H groups in total. The second kappa shape index (κ2) is 10.9. The van der Waals surface area contributed by atoms with Crippen molar-refractivity contribution in [2.24, 2.45) is 16.5 Å². The van der Waals surface area contributed by atoms with Crippen molar-refractivity contribution in [2.75, 3.05) is 7.11 Å². The number of carboxylic acid groups (broad SMARTS) is 1. The first kappa shape index (κ1) is 23.5. The summed E-state index contributed by atoms with van der Waals surface area (Å²) in [7, 11) is 1.62. The molecule has 1 amide bonds. The molecule has 0 unspecified atom stereocenters. The van der Waals surface area contributed by atoms with Crippen molar-refractivity contribution in [1.29, 1.82) is 0 Å². The number of rotatable bonds is 8. The molecular weight excluding hydrogens is 420 g/mol. The van der Waals surface area contributed by atoms with Gasteiger partial charge in [-0.05, 0) is 52.9 Å². The number of guanidine groups is 1. The van der Waals surface area contributed by atoms with E-state index in [0.717, 1.165) is 22.4 Å². The van der Waals surface area contributed by atoms with Gasteiger partial charge >= 0.3 is 5.97 Å². The second-order valence-corrected chi connectivity index (χ2v) is 7.39. The summed E-state index contributed by atoms with van der Waals surface area (Å²) >= 11 is 0. The van der Waals surface area contributed by atoms with E-state index in [0.29, 0.717) is 17.7 Å². The van der Waals surface area contributed by atoms with E-state index in [4.69, 9.17) is 21.3 Å². The third kappa shape index (κ3) is 6.41. The molecule has 0 aliphatic rings. The maximum Gasteiger partial charge on any atom is 0.320 e. The summed E-state index contributed by atoms with van der Waals surface area (Å²) < 4.78 is 5.21. The number of ether oxygens (including phenoxy) is 1. The van der Waals surface area contributed by atoms with Crippen molar-refractivity contribution in [3.8, 4) is 16.9 Å². The van der Waals surface area contributed by atoms with Gasteiger partial charge in [0.15, 0.2) is 5.96 Å². The predicted octanol–water partition coefficient (Wildman–Crippen LogP) is 2.56. The summed E-state index contributed by atoms with van der Waals surface area (Å²) in [6.45, 7) is 0.386. The number of amides is 1. The summed E-state index contributed by atoms with van der Waals surface area (Å²) in [6, 6.07) is 21.1. The third-order valence-electron chi connectivity index (χ3n) is 5.07. The molecule has 0 heterocycles. The summed E-state index contributed by atoms with van der Waals surface area (Å²) in [4.78, 5) is 27.2. The number of hydrogen-bond donors (Lipinski definition) is 4. The Bertz CT molecular complexity index is 1140. The van der Waals surface area contributed by atoms with Gasteiger partial charge in [-0.1, -0.05) is 48.5 Å². The van der Waals surface area contributed by atoms with Crippen LogP contribution >= 0.6 is 0 Å². The van der Waals surface area contributed by atoms with Gasteiger partial charge in [0.25, 0.3) is 5.91 Å². The summed E-state index contributed by atoms with van der Waals surface area (Å²) in [6.07, 6.45) is 0.171. The fourth-order valence-corrected chi connectivity index (χ4v) is 3.25. The van der Waals surface area contributed by atoms with Crippen LogP contribution < -0.4 is 21.5 Å². The van der Waals surface area contributed by atoms with Crippen molar-refractivity contribution < 1.29 is 19.4 Å². The molecule has 0 radical (unpaired) electrons. The van der Waals surface area contributed by atoms with E-state index in [1.165, 1.54) is 0 Å². The molecule has 1 atom stereocenters. The summed E-state index contributed by atoms with van der Waals surface area (Å²) in [5.74, 6) is -0.798. The van der Waals surface area contributed by atoms with Crippen molar-refractivity contribution in [3.05, 3.63) is 89.5 Å².